The second-order valence-corrected chi connectivity index (χ2v) is 8.61. The Morgan fingerprint density at radius 3 is 2.69 bits per heavy atom. The molecule has 0 spiro atoms. The molecule has 1 amide bonds. The van der Waals surface area contributed by atoms with Gasteiger partial charge in [-0.15, -0.1) is 11.8 Å². The maximum atomic E-state index is 12.6. The van der Waals surface area contributed by atoms with Crippen LogP contribution in [0.15, 0.2) is 47.4 Å². The van der Waals surface area contributed by atoms with Crippen LogP contribution in [0.5, 0.6) is 0 Å². The van der Waals surface area contributed by atoms with Gasteiger partial charge in [0.15, 0.2) is 0 Å². The first-order valence-corrected chi connectivity index (χ1v) is 11.5. The lowest BCUT2D eigenvalue weighted by molar-refractivity contribution is -0.125. The number of H-pyrrole nitrogens is 1. The molecule has 3 aromatic rings. The van der Waals surface area contributed by atoms with Gasteiger partial charge in [-0.3, -0.25) is 4.79 Å². The Morgan fingerprint density at radius 1 is 1.21 bits per heavy atom. The largest absolute Gasteiger partial charge is 0.356 e. The number of hydrogen-bond donors (Lipinski definition) is 2. The highest BCUT2D eigenvalue weighted by Gasteiger charge is 2.26. The van der Waals surface area contributed by atoms with E-state index < -0.39 is 0 Å². The van der Waals surface area contributed by atoms with E-state index in [1.54, 1.807) is 11.8 Å². The number of fused-ring (bicyclic) bond motifs is 1. The molecule has 0 saturated carbocycles. The number of nitrogens with one attached hydrogen (secondary N) is 2. The third-order valence-electron chi connectivity index (χ3n) is 5.66. The zero-order valence-electron chi connectivity index (χ0n) is 17.1. The summed E-state index contributed by atoms with van der Waals surface area (Å²) in [7, 11) is 0. The number of aromatic amines is 1. The van der Waals surface area contributed by atoms with Crippen LogP contribution >= 0.6 is 11.8 Å². The first-order valence-electron chi connectivity index (χ1n) is 10.2. The number of amides is 1. The molecule has 2 N–H and O–H groups in total. The summed E-state index contributed by atoms with van der Waals surface area (Å²) in [4.78, 5) is 24.2. The van der Waals surface area contributed by atoms with Gasteiger partial charge in [0, 0.05) is 30.4 Å². The lowest BCUT2D eigenvalue weighted by Crippen LogP contribution is -2.41. The van der Waals surface area contributed by atoms with E-state index in [9.17, 15) is 4.79 Å². The van der Waals surface area contributed by atoms with E-state index in [1.807, 2.05) is 0 Å². The fourth-order valence-electron chi connectivity index (χ4n) is 3.88. The molecule has 1 saturated heterocycles. The van der Waals surface area contributed by atoms with Crippen LogP contribution in [-0.2, 0) is 11.2 Å². The highest BCUT2D eigenvalue weighted by molar-refractivity contribution is 7.98. The number of aryl methyl sites for hydroxylation is 1. The van der Waals surface area contributed by atoms with Crippen molar-refractivity contribution in [2.24, 2.45) is 5.92 Å². The second kappa shape index (κ2) is 8.91. The summed E-state index contributed by atoms with van der Waals surface area (Å²) in [5.74, 6) is 1.19. The maximum Gasteiger partial charge on any atom is 0.223 e. The van der Waals surface area contributed by atoms with Crippen molar-refractivity contribution in [2.75, 3.05) is 30.8 Å². The summed E-state index contributed by atoms with van der Waals surface area (Å²) < 4.78 is 0. The molecular formula is C23H28N4OS. The smallest absolute Gasteiger partial charge is 0.223 e. The molecule has 0 atom stereocenters. The first kappa shape index (κ1) is 19.8. The Balaban J connectivity index is 1.25. The molecule has 2 aromatic carbocycles. The first-order chi connectivity index (χ1) is 14.1. The van der Waals surface area contributed by atoms with Gasteiger partial charge in [0.1, 0.15) is 0 Å². The third kappa shape index (κ3) is 4.75. The standard InChI is InChI=1S/C23H28N4OS/c1-16-3-8-20-21(15-16)26-23(25-20)27-13-10-18(11-14-27)22(28)24-12-9-17-4-6-19(29-2)7-5-17/h3-8,15,18H,9-14H2,1-2H3,(H,24,28)(H,25,26). The predicted octanol–water partition coefficient (Wildman–Crippen LogP) is 4.17. The van der Waals surface area contributed by atoms with Gasteiger partial charge in [-0.05, 0) is 67.8 Å². The van der Waals surface area contributed by atoms with Crippen LogP contribution in [0.4, 0.5) is 5.95 Å². The molecule has 0 bridgehead atoms. The summed E-state index contributed by atoms with van der Waals surface area (Å²) in [5.41, 5.74) is 4.56. The van der Waals surface area contributed by atoms with Gasteiger partial charge in [-0.25, -0.2) is 4.98 Å². The molecule has 1 aliphatic heterocycles. The molecule has 1 aromatic heterocycles. The lowest BCUT2D eigenvalue weighted by Gasteiger charge is -2.31. The van der Waals surface area contributed by atoms with Crippen LogP contribution in [-0.4, -0.2) is 41.8 Å². The number of imidazole rings is 1. The molecular weight excluding hydrogens is 380 g/mol. The lowest BCUT2D eigenvalue weighted by atomic mass is 9.96. The minimum absolute atomic E-state index is 0.0942. The van der Waals surface area contributed by atoms with Crippen LogP contribution < -0.4 is 10.2 Å². The summed E-state index contributed by atoms with van der Waals surface area (Å²) in [6.45, 7) is 4.49. The number of carbonyl (C=O) groups is 1. The summed E-state index contributed by atoms with van der Waals surface area (Å²) in [5, 5.41) is 3.13. The van der Waals surface area contributed by atoms with Crippen molar-refractivity contribution in [3.8, 4) is 0 Å². The Morgan fingerprint density at radius 2 is 1.97 bits per heavy atom. The number of benzene rings is 2. The predicted molar refractivity (Wildman–Crippen MR) is 121 cm³/mol. The van der Waals surface area contributed by atoms with Gasteiger partial charge in [0.2, 0.25) is 11.9 Å². The van der Waals surface area contributed by atoms with Crippen molar-refractivity contribution in [3.63, 3.8) is 0 Å². The van der Waals surface area contributed by atoms with E-state index in [1.165, 1.54) is 16.0 Å². The van der Waals surface area contributed by atoms with Gasteiger partial charge in [0.05, 0.1) is 11.0 Å². The maximum absolute atomic E-state index is 12.6. The third-order valence-corrected chi connectivity index (χ3v) is 6.41. The molecule has 29 heavy (non-hydrogen) atoms. The summed E-state index contributed by atoms with van der Waals surface area (Å²) in [6.07, 6.45) is 4.68. The van der Waals surface area contributed by atoms with Crippen molar-refractivity contribution >= 4 is 34.7 Å². The number of aromatic nitrogens is 2. The molecule has 0 aliphatic carbocycles. The van der Waals surface area contributed by atoms with Crippen LogP contribution in [0.1, 0.15) is 24.0 Å². The van der Waals surface area contributed by atoms with Gasteiger partial charge >= 0.3 is 0 Å². The zero-order valence-corrected chi connectivity index (χ0v) is 17.9. The zero-order chi connectivity index (χ0) is 20.2. The Hall–Kier alpha value is -2.47. The highest BCUT2D eigenvalue weighted by Crippen LogP contribution is 2.24. The monoisotopic (exact) mass is 408 g/mol. The molecule has 4 rings (SSSR count). The Labute approximate surface area is 176 Å². The Kier molecular flexibility index (Phi) is 6.09. The number of carbonyl (C=O) groups excluding carboxylic acids is 1. The van der Waals surface area contributed by atoms with Gasteiger partial charge in [-0.2, -0.15) is 0 Å². The minimum atomic E-state index is 0.0942. The fourth-order valence-corrected chi connectivity index (χ4v) is 4.29. The van der Waals surface area contributed by atoms with E-state index in [2.05, 4.69) is 70.8 Å². The van der Waals surface area contributed by atoms with Crippen molar-refractivity contribution in [2.45, 2.75) is 31.1 Å². The second-order valence-electron chi connectivity index (χ2n) is 7.73. The number of nitrogens with zero attached hydrogens (tertiary/aromatic N) is 2. The number of hydrogen-bond acceptors (Lipinski definition) is 4. The van der Waals surface area contributed by atoms with Crippen LogP contribution in [0.25, 0.3) is 11.0 Å². The van der Waals surface area contributed by atoms with Gasteiger partial charge in [0.25, 0.3) is 0 Å². The Bertz CT molecular complexity index is 974. The molecule has 0 unspecified atom stereocenters. The van der Waals surface area contributed by atoms with Gasteiger partial charge < -0.3 is 15.2 Å². The normalized spacial score (nSPS) is 15.0. The SMILES string of the molecule is CSc1ccc(CCNC(=O)C2CCN(c3nc4ccc(C)cc4[nH]3)CC2)cc1. The molecule has 152 valence electrons. The fraction of sp³-hybridized carbons (Fsp3) is 0.391. The van der Waals surface area contributed by atoms with Crippen molar-refractivity contribution < 1.29 is 4.79 Å². The number of thioether (sulfide) groups is 1. The van der Waals surface area contributed by atoms with E-state index in [4.69, 9.17) is 4.98 Å². The van der Waals surface area contributed by atoms with Crippen LogP contribution in [0.2, 0.25) is 0 Å². The van der Waals surface area contributed by atoms with E-state index in [0.29, 0.717) is 6.54 Å². The molecule has 6 heteroatoms. The molecule has 0 radical (unpaired) electrons. The number of anilines is 1. The van der Waals surface area contributed by atoms with E-state index in [0.717, 1.165) is 49.3 Å². The van der Waals surface area contributed by atoms with Crippen molar-refractivity contribution in [3.05, 3.63) is 53.6 Å². The summed E-state index contributed by atoms with van der Waals surface area (Å²) in [6, 6.07) is 14.8. The van der Waals surface area contributed by atoms with E-state index >= 15 is 0 Å². The molecule has 2 heterocycles. The van der Waals surface area contributed by atoms with Crippen molar-refractivity contribution in [1.82, 2.24) is 15.3 Å². The van der Waals surface area contributed by atoms with Crippen LogP contribution in [0, 0.1) is 12.8 Å². The van der Waals surface area contributed by atoms with E-state index in [-0.39, 0.29) is 11.8 Å². The topological polar surface area (TPSA) is 61.0 Å². The quantitative estimate of drug-likeness (QED) is 0.601. The summed E-state index contributed by atoms with van der Waals surface area (Å²) >= 11 is 1.74. The molecule has 1 fully saturated rings. The number of piperidine rings is 1. The van der Waals surface area contributed by atoms with Crippen molar-refractivity contribution in [1.29, 1.82) is 0 Å². The minimum Gasteiger partial charge on any atom is -0.356 e. The average Bonchev–Trinajstić information content (AvgIpc) is 3.17. The average molecular weight is 409 g/mol. The molecule has 1 aliphatic rings. The molecule has 5 nitrogen and oxygen atoms in total. The highest BCUT2D eigenvalue weighted by atomic mass is 32.2. The van der Waals surface area contributed by atoms with Gasteiger partial charge in [-0.1, -0.05) is 18.2 Å². The van der Waals surface area contributed by atoms with Crippen LogP contribution in [0.3, 0.4) is 0 Å². The number of rotatable bonds is 6.